The Morgan fingerprint density at radius 2 is 1.60 bits per heavy atom. The fourth-order valence-electron chi connectivity index (χ4n) is 2.38. The second-order valence-corrected chi connectivity index (χ2v) is 5.57. The average Bonchev–Trinajstić information content (AvgIpc) is 2.47. The van der Waals surface area contributed by atoms with Gasteiger partial charge < -0.3 is 5.32 Å². The van der Waals surface area contributed by atoms with Crippen molar-refractivity contribution in [2.24, 2.45) is 0 Å². The minimum Gasteiger partial charge on any atom is -0.350 e. The molecule has 1 amide bonds. The second kappa shape index (κ2) is 10.5. The molecule has 0 unspecified atom stereocenters. The summed E-state index contributed by atoms with van der Waals surface area (Å²) in [5, 5.41) is 3.07. The monoisotopic (exact) mass is 275 g/mol. The summed E-state index contributed by atoms with van der Waals surface area (Å²) in [6.45, 7) is 4.27. The third-order valence-corrected chi connectivity index (χ3v) is 3.68. The Kier molecular flexibility index (Phi) is 8.77. The average molecular weight is 275 g/mol. The Morgan fingerprint density at radius 1 is 1.00 bits per heavy atom. The summed E-state index contributed by atoms with van der Waals surface area (Å²) in [4.78, 5) is 11.9. The van der Waals surface area contributed by atoms with E-state index in [1.807, 2.05) is 25.1 Å². The van der Waals surface area contributed by atoms with Gasteiger partial charge in [0.15, 0.2) is 0 Å². The summed E-state index contributed by atoms with van der Waals surface area (Å²) in [5.41, 5.74) is 1.17. The van der Waals surface area contributed by atoms with Crippen LogP contribution in [0.1, 0.15) is 76.8 Å². The smallest absolute Gasteiger partial charge is 0.220 e. The molecule has 1 aromatic carbocycles. The molecule has 1 atom stereocenters. The maximum Gasteiger partial charge on any atom is 0.220 e. The van der Waals surface area contributed by atoms with Crippen LogP contribution in [-0.2, 0) is 4.79 Å². The maximum atomic E-state index is 11.9. The van der Waals surface area contributed by atoms with Crippen molar-refractivity contribution in [1.82, 2.24) is 5.32 Å². The first-order chi connectivity index (χ1) is 9.74. The van der Waals surface area contributed by atoms with Crippen molar-refractivity contribution >= 4 is 5.91 Å². The number of amides is 1. The predicted molar refractivity (Wildman–Crippen MR) is 85.6 cm³/mol. The summed E-state index contributed by atoms with van der Waals surface area (Å²) in [6.07, 6.45) is 9.40. The lowest BCUT2D eigenvalue weighted by Gasteiger charge is -2.14. The zero-order valence-electron chi connectivity index (χ0n) is 13.0. The zero-order valence-corrected chi connectivity index (χ0v) is 13.0. The Bertz CT molecular complexity index is 361. The van der Waals surface area contributed by atoms with E-state index < -0.39 is 0 Å². The van der Waals surface area contributed by atoms with Gasteiger partial charge in [0.25, 0.3) is 0 Å². The number of unbranched alkanes of at least 4 members (excludes halogenated alkanes) is 6. The van der Waals surface area contributed by atoms with Gasteiger partial charge in [-0.1, -0.05) is 75.8 Å². The number of benzene rings is 1. The highest BCUT2D eigenvalue weighted by Gasteiger charge is 2.08. The van der Waals surface area contributed by atoms with Gasteiger partial charge in [-0.2, -0.15) is 0 Å². The second-order valence-electron chi connectivity index (χ2n) is 5.57. The van der Waals surface area contributed by atoms with Crippen LogP contribution in [0.3, 0.4) is 0 Å². The fraction of sp³-hybridized carbons (Fsp3) is 0.611. The van der Waals surface area contributed by atoms with E-state index in [1.54, 1.807) is 0 Å². The topological polar surface area (TPSA) is 29.1 Å². The van der Waals surface area contributed by atoms with Crippen LogP contribution in [0.4, 0.5) is 0 Å². The van der Waals surface area contributed by atoms with Crippen LogP contribution in [0.25, 0.3) is 0 Å². The highest BCUT2D eigenvalue weighted by atomic mass is 16.1. The third-order valence-electron chi connectivity index (χ3n) is 3.68. The lowest BCUT2D eigenvalue weighted by molar-refractivity contribution is -0.121. The zero-order chi connectivity index (χ0) is 14.6. The Balaban J connectivity index is 2.08. The van der Waals surface area contributed by atoms with Crippen LogP contribution < -0.4 is 5.32 Å². The molecule has 0 fully saturated rings. The van der Waals surface area contributed by atoms with Gasteiger partial charge in [-0.15, -0.1) is 0 Å². The third kappa shape index (κ3) is 7.32. The van der Waals surface area contributed by atoms with Crippen LogP contribution in [0.15, 0.2) is 30.3 Å². The van der Waals surface area contributed by atoms with E-state index in [9.17, 15) is 4.79 Å². The Hall–Kier alpha value is -1.31. The van der Waals surface area contributed by atoms with E-state index in [-0.39, 0.29) is 11.9 Å². The van der Waals surface area contributed by atoms with Gasteiger partial charge in [0.1, 0.15) is 0 Å². The highest BCUT2D eigenvalue weighted by Crippen LogP contribution is 2.12. The molecule has 20 heavy (non-hydrogen) atoms. The number of rotatable bonds is 10. The molecule has 0 radical (unpaired) electrons. The molecule has 2 heteroatoms. The first kappa shape index (κ1) is 16.7. The van der Waals surface area contributed by atoms with E-state index in [2.05, 4.69) is 24.4 Å². The minimum absolute atomic E-state index is 0.105. The van der Waals surface area contributed by atoms with Gasteiger partial charge >= 0.3 is 0 Å². The van der Waals surface area contributed by atoms with E-state index in [0.29, 0.717) is 6.42 Å². The predicted octanol–water partition coefficient (Wildman–Crippen LogP) is 5.00. The molecule has 1 aromatic rings. The van der Waals surface area contributed by atoms with E-state index in [0.717, 1.165) is 6.42 Å². The highest BCUT2D eigenvalue weighted by molar-refractivity contribution is 5.76. The van der Waals surface area contributed by atoms with Crippen LogP contribution in [0, 0.1) is 0 Å². The molecule has 1 N–H and O–H groups in total. The van der Waals surface area contributed by atoms with Crippen LogP contribution in [0.2, 0.25) is 0 Å². The summed E-state index contributed by atoms with van der Waals surface area (Å²) in [7, 11) is 0. The van der Waals surface area contributed by atoms with Crippen molar-refractivity contribution in [1.29, 1.82) is 0 Å². The molecule has 0 aliphatic heterocycles. The number of carbonyl (C=O) groups excluding carboxylic acids is 1. The molecule has 0 aliphatic rings. The van der Waals surface area contributed by atoms with Crippen molar-refractivity contribution in [3.8, 4) is 0 Å². The lowest BCUT2D eigenvalue weighted by atomic mass is 10.1. The number of carbonyl (C=O) groups is 1. The van der Waals surface area contributed by atoms with E-state index >= 15 is 0 Å². The van der Waals surface area contributed by atoms with Crippen LogP contribution >= 0.6 is 0 Å². The standard InChI is InChI=1S/C18H29NO/c1-3-4-5-6-7-8-12-15-18(20)19-16(2)17-13-10-9-11-14-17/h9-11,13-14,16H,3-8,12,15H2,1-2H3,(H,19,20)/t16-/m0/s1. The molecule has 1 rings (SSSR count). The van der Waals surface area contributed by atoms with Crippen molar-refractivity contribution in [3.63, 3.8) is 0 Å². The van der Waals surface area contributed by atoms with E-state index in [4.69, 9.17) is 0 Å². The summed E-state index contributed by atoms with van der Waals surface area (Å²) in [5.74, 6) is 0.176. The first-order valence-corrected chi connectivity index (χ1v) is 8.08. The van der Waals surface area contributed by atoms with Crippen molar-refractivity contribution in [3.05, 3.63) is 35.9 Å². The maximum absolute atomic E-state index is 11.9. The summed E-state index contributed by atoms with van der Waals surface area (Å²) in [6, 6.07) is 10.2. The fourth-order valence-corrected chi connectivity index (χ4v) is 2.38. The number of hydrogen-bond acceptors (Lipinski definition) is 1. The summed E-state index contributed by atoms with van der Waals surface area (Å²) >= 11 is 0. The van der Waals surface area contributed by atoms with Crippen molar-refractivity contribution in [2.45, 2.75) is 71.3 Å². The van der Waals surface area contributed by atoms with Gasteiger partial charge in [-0.3, -0.25) is 4.79 Å². The van der Waals surface area contributed by atoms with Gasteiger partial charge in [0, 0.05) is 6.42 Å². The van der Waals surface area contributed by atoms with E-state index in [1.165, 1.54) is 44.1 Å². The molecule has 0 saturated carbocycles. The first-order valence-electron chi connectivity index (χ1n) is 8.08. The summed E-state index contributed by atoms with van der Waals surface area (Å²) < 4.78 is 0. The molecule has 0 aromatic heterocycles. The van der Waals surface area contributed by atoms with Gasteiger partial charge in [-0.25, -0.2) is 0 Å². The molecule has 112 valence electrons. The molecule has 0 bridgehead atoms. The molecular weight excluding hydrogens is 246 g/mol. The van der Waals surface area contributed by atoms with Crippen molar-refractivity contribution in [2.75, 3.05) is 0 Å². The van der Waals surface area contributed by atoms with Crippen molar-refractivity contribution < 1.29 is 4.79 Å². The number of nitrogens with one attached hydrogen (secondary N) is 1. The largest absolute Gasteiger partial charge is 0.350 e. The minimum atomic E-state index is 0.105. The van der Waals surface area contributed by atoms with Gasteiger partial charge in [0.05, 0.1) is 6.04 Å². The Morgan fingerprint density at radius 3 is 2.25 bits per heavy atom. The van der Waals surface area contributed by atoms with Crippen LogP contribution in [-0.4, -0.2) is 5.91 Å². The molecule has 2 nitrogen and oxygen atoms in total. The van der Waals surface area contributed by atoms with Gasteiger partial charge in [0.2, 0.25) is 5.91 Å². The normalized spacial score (nSPS) is 12.1. The molecule has 0 aliphatic carbocycles. The lowest BCUT2D eigenvalue weighted by Crippen LogP contribution is -2.26. The van der Waals surface area contributed by atoms with Gasteiger partial charge in [-0.05, 0) is 18.9 Å². The van der Waals surface area contributed by atoms with Crippen LogP contribution in [0.5, 0.6) is 0 Å². The quantitative estimate of drug-likeness (QED) is 0.598. The SMILES string of the molecule is CCCCCCCCCC(=O)N[C@@H](C)c1ccccc1. The number of hydrogen-bond donors (Lipinski definition) is 1. The molecule has 0 spiro atoms. The molecule has 0 heterocycles. The Labute approximate surface area is 124 Å². The molecule has 0 saturated heterocycles. The molecular formula is C18H29NO.